The minimum absolute atomic E-state index is 0.372. The highest BCUT2D eigenvalue weighted by molar-refractivity contribution is 5.85. The first kappa shape index (κ1) is 70.7. The molecule has 0 bridgehead atoms. The maximum absolute atomic E-state index is 14.4. The molecule has 101 heavy (non-hydrogen) atoms. The van der Waals surface area contributed by atoms with Crippen LogP contribution >= 0.6 is 0 Å². The third-order valence-electron chi connectivity index (χ3n) is 16.4. The highest BCUT2D eigenvalue weighted by atomic mass is 19.1. The van der Waals surface area contributed by atoms with Gasteiger partial charge in [-0.1, -0.05) is 37.3 Å². The number of halogens is 1. The SMILES string of the molecule is CCC(O)CN(c1cc(OC)cc(OC)c1)c1ccc2ncc(-c3cnn(C)c3)nc2c1.COc1cc(OC)cc(N(CCN(C)Cc2ccccc2)c2ccc3ncc(-c4cn[nH]c4)nc3c2)c1.Cn1cc(-c2cnc3ccc(N(CCN)c4cc(F)cc(OC(C)(C)C)c4)cc3n2)cn1. The van der Waals surface area contributed by atoms with Gasteiger partial charge in [0.2, 0.25) is 0 Å². The predicted molar refractivity (Wildman–Crippen MR) is 396 cm³/mol. The maximum atomic E-state index is 14.4. The van der Waals surface area contributed by atoms with Gasteiger partial charge in [-0.15, -0.1) is 0 Å². The van der Waals surface area contributed by atoms with Crippen LogP contribution in [-0.4, -0.2) is 150 Å². The van der Waals surface area contributed by atoms with Crippen molar-refractivity contribution in [3.05, 3.63) is 207 Å². The van der Waals surface area contributed by atoms with Crippen molar-refractivity contribution < 1.29 is 33.2 Å². The van der Waals surface area contributed by atoms with Crippen LogP contribution in [-0.2, 0) is 20.6 Å². The summed E-state index contributed by atoms with van der Waals surface area (Å²) in [6.45, 7) is 11.5. The maximum Gasteiger partial charge on any atom is 0.128 e. The molecule has 0 spiro atoms. The smallest absolute Gasteiger partial charge is 0.128 e. The van der Waals surface area contributed by atoms with Crippen molar-refractivity contribution >= 4 is 67.2 Å². The molecule has 13 aromatic rings. The number of hydrogen-bond acceptors (Lipinski definition) is 20. The fourth-order valence-corrected chi connectivity index (χ4v) is 11.3. The molecule has 0 radical (unpaired) electrons. The molecule has 23 nitrogen and oxygen atoms in total. The van der Waals surface area contributed by atoms with Crippen molar-refractivity contribution in [2.75, 3.05) is 82.9 Å². The van der Waals surface area contributed by atoms with Crippen LogP contribution in [0.3, 0.4) is 0 Å². The van der Waals surface area contributed by atoms with Gasteiger partial charge in [0.25, 0.3) is 0 Å². The van der Waals surface area contributed by atoms with Crippen LogP contribution in [0.4, 0.5) is 38.5 Å². The number of aliphatic hydroxyl groups is 1. The highest BCUT2D eigenvalue weighted by Crippen LogP contribution is 2.38. The molecule has 0 amide bonds. The number of H-pyrrole nitrogens is 1. The van der Waals surface area contributed by atoms with Gasteiger partial charge in [-0.05, 0) is 100 Å². The number of benzene rings is 7. The average molecular weight is 1360 g/mol. The Balaban J connectivity index is 0.000000153. The van der Waals surface area contributed by atoms with Gasteiger partial charge in [0.15, 0.2) is 0 Å². The molecular weight excluding hydrogens is 1280 g/mol. The predicted octanol–water partition coefficient (Wildman–Crippen LogP) is 13.7. The molecule has 4 N–H and O–H groups in total. The molecular formula is C77H84FN17O6. The number of aromatic amines is 1. The van der Waals surface area contributed by atoms with E-state index in [1.54, 1.807) is 75.0 Å². The minimum atomic E-state index is -0.504. The van der Waals surface area contributed by atoms with Crippen molar-refractivity contribution in [1.29, 1.82) is 0 Å². The van der Waals surface area contributed by atoms with E-state index in [2.05, 4.69) is 88.6 Å². The Morgan fingerprint density at radius 3 is 1.41 bits per heavy atom. The van der Waals surface area contributed by atoms with Gasteiger partial charge < -0.3 is 54.1 Å². The summed E-state index contributed by atoms with van der Waals surface area (Å²) in [6.07, 6.45) is 16.3. The highest BCUT2D eigenvalue weighted by Gasteiger charge is 2.21. The Bertz CT molecular complexity index is 4850. The van der Waals surface area contributed by atoms with E-state index >= 15 is 0 Å². The first-order valence-electron chi connectivity index (χ1n) is 33.0. The largest absolute Gasteiger partial charge is 0.497 e. The number of nitrogens with one attached hydrogen (secondary N) is 1. The van der Waals surface area contributed by atoms with Crippen molar-refractivity contribution in [1.82, 2.24) is 64.6 Å². The summed E-state index contributed by atoms with van der Waals surface area (Å²) in [5, 5.41) is 25.8. The number of rotatable bonds is 24. The standard InChI is InChI=1S/C29H30N6O2.C24H27FN6O.C24H27N5O3/c1-34(20-21-7-5-4-6-8-21)11-12-35(24-13-25(36-2)16-26(14-24)37-3)23-9-10-27-28(15-23)33-29(19-30-27)22-17-31-32-18-22;1-24(2,3)32-20-10-17(25)9-19(11-20)31(8-7-26)18-5-6-21-22(12-18)29-23(14-27-21)16-13-28-30(4)15-16;1-5-19(30)15-29(18-8-20(31-3)11-21(9-18)32-4)17-6-7-22-23(10-17)27-24(13-25-22)16-12-26-28(2)14-16/h4-10,13-19H,11-12,20H2,1-3H3,(H,31,32);5-6,9-15H,7-8,26H2,1-4H3;6-14,19,30H,5,15H2,1-4H3. The normalized spacial score (nSPS) is 11.6. The van der Waals surface area contributed by atoms with Gasteiger partial charge >= 0.3 is 0 Å². The number of anilines is 6. The Kier molecular flexibility index (Phi) is 22.7. The lowest BCUT2D eigenvalue weighted by atomic mass is 10.1. The number of hydrogen-bond donors (Lipinski definition) is 3. The molecule has 6 aromatic heterocycles. The number of nitrogens with zero attached hydrogens (tertiary/aromatic N) is 15. The quantitative estimate of drug-likeness (QED) is 0.0509. The summed E-state index contributed by atoms with van der Waals surface area (Å²) >= 11 is 0. The zero-order valence-corrected chi connectivity index (χ0v) is 58.7. The summed E-state index contributed by atoms with van der Waals surface area (Å²) in [6, 6.07) is 44.6. The van der Waals surface area contributed by atoms with Crippen molar-refractivity contribution in [3.63, 3.8) is 0 Å². The summed E-state index contributed by atoms with van der Waals surface area (Å²) in [5.41, 5.74) is 21.6. The van der Waals surface area contributed by atoms with Gasteiger partial charge in [-0.25, -0.2) is 19.3 Å². The van der Waals surface area contributed by atoms with Gasteiger partial charge in [-0.3, -0.25) is 29.4 Å². The third-order valence-corrected chi connectivity index (χ3v) is 16.4. The van der Waals surface area contributed by atoms with Crippen LogP contribution in [0.5, 0.6) is 28.7 Å². The first-order chi connectivity index (χ1) is 48.8. The van der Waals surface area contributed by atoms with Crippen molar-refractivity contribution in [2.24, 2.45) is 19.8 Å². The van der Waals surface area contributed by atoms with Crippen LogP contribution in [0.15, 0.2) is 195 Å². The van der Waals surface area contributed by atoms with Gasteiger partial charge in [-0.2, -0.15) is 15.3 Å². The molecule has 7 aromatic carbocycles. The summed E-state index contributed by atoms with van der Waals surface area (Å²) < 4.78 is 45.8. The van der Waals surface area contributed by atoms with E-state index in [1.165, 1.54) is 17.7 Å². The first-order valence-corrected chi connectivity index (χ1v) is 33.0. The zero-order chi connectivity index (χ0) is 71.2. The molecule has 24 heteroatoms. The summed E-state index contributed by atoms with van der Waals surface area (Å²) in [4.78, 5) is 36.7. The lowest BCUT2D eigenvalue weighted by Gasteiger charge is -2.28. The fourth-order valence-electron chi connectivity index (χ4n) is 11.3. The number of aryl methyl sites for hydroxylation is 2. The molecule has 0 fully saturated rings. The number of ether oxygens (including phenoxy) is 5. The van der Waals surface area contributed by atoms with E-state index in [0.29, 0.717) is 49.0 Å². The molecule has 0 aliphatic rings. The number of likely N-dealkylation sites (N-methyl/N-ethyl adjacent to an activating group) is 1. The second-order valence-corrected chi connectivity index (χ2v) is 25.1. The summed E-state index contributed by atoms with van der Waals surface area (Å²) in [5.74, 6) is 2.92. The molecule has 0 saturated heterocycles. The Hall–Kier alpha value is -11.6. The Morgan fingerprint density at radius 2 is 0.970 bits per heavy atom. The fraction of sp³-hybridized carbons (Fsp3) is 0.260. The van der Waals surface area contributed by atoms with Crippen LogP contribution in [0.2, 0.25) is 0 Å². The van der Waals surface area contributed by atoms with Gasteiger partial charge in [0.05, 0.1) is 122 Å². The Labute approximate surface area is 586 Å². The van der Waals surface area contributed by atoms with E-state index in [9.17, 15) is 9.50 Å². The third kappa shape index (κ3) is 18.2. The minimum Gasteiger partial charge on any atom is -0.497 e. The van der Waals surface area contributed by atoms with Gasteiger partial charge in [0, 0.05) is 171 Å². The van der Waals surface area contributed by atoms with Crippen LogP contribution in [0.25, 0.3) is 66.9 Å². The number of aromatic nitrogens is 12. The molecule has 13 rings (SSSR count). The monoisotopic (exact) mass is 1360 g/mol. The van der Waals surface area contributed by atoms with Crippen molar-refractivity contribution in [3.8, 4) is 62.5 Å². The van der Waals surface area contributed by atoms with E-state index in [4.69, 9.17) is 44.4 Å². The molecule has 0 aliphatic heterocycles. The zero-order valence-electron chi connectivity index (χ0n) is 58.7. The number of aliphatic hydroxyl groups excluding tert-OH is 1. The van der Waals surface area contributed by atoms with Crippen LogP contribution in [0, 0.1) is 5.82 Å². The van der Waals surface area contributed by atoms with E-state index < -0.39 is 11.7 Å². The molecule has 1 atom stereocenters. The van der Waals surface area contributed by atoms with Crippen LogP contribution in [0.1, 0.15) is 39.7 Å². The lowest BCUT2D eigenvalue weighted by molar-refractivity contribution is 0.130. The van der Waals surface area contributed by atoms with E-state index in [-0.39, 0.29) is 5.82 Å². The molecule has 6 heterocycles. The Morgan fingerprint density at radius 1 is 0.515 bits per heavy atom. The number of fused-ring (bicyclic) bond motifs is 3. The average Bonchev–Trinajstić information content (AvgIpc) is 1.80. The molecule has 1 unspecified atom stereocenters. The molecule has 0 saturated carbocycles. The number of nitrogens with two attached hydrogens (primary N) is 1. The second-order valence-electron chi connectivity index (χ2n) is 25.1. The lowest BCUT2D eigenvalue weighted by Crippen LogP contribution is -2.30. The molecule has 520 valence electrons. The van der Waals surface area contributed by atoms with Gasteiger partial charge in [0.1, 0.15) is 40.2 Å². The van der Waals surface area contributed by atoms with E-state index in [0.717, 1.165) is 126 Å². The number of methoxy groups -OCH3 is 4. The molecule has 0 aliphatic carbocycles. The van der Waals surface area contributed by atoms with Crippen LogP contribution < -0.4 is 44.1 Å². The summed E-state index contributed by atoms with van der Waals surface area (Å²) in [7, 11) is 12.4. The second kappa shape index (κ2) is 32.4. The van der Waals surface area contributed by atoms with Crippen molar-refractivity contribution in [2.45, 2.75) is 52.4 Å². The van der Waals surface area contributed by atoms with E-state index in [1.807, 2.05) is 161 Å². The topological polar surface area (TPSA) is 247 Å².